The van der Waals surface area contributed by atoms with Gasteiger partial charge >= 0.3 is 0 Å². The summed E-state index contributed by atoms with van der Waals surface area (Å²) >= 11 is 6.41. The van der Waals surface area contributed by atoms with Crippen molar-refractivity contribution in [3.8, 4) is 22.8 Å². The zero-order chi connectivity index (χ0) is 23.7. The second-order valence-electron chi connectivity index (χ2n) is 7.35. The maximum absolute atomic E-state index is 11.8. The molecule has 34 heavy (non-hydrogen) atoms. The van der Waals surface area contributed by atoms with E-state index in [2.05, 4.69) is 30.5 Å². The van der Waals surface area contributed by atoms with E-state index < -0.39 is 9.84 Å². The van der Waals surface area contributed by atoms with E-state index in [4.69, 9.17) is 16.3 Å². The molecule has 5 rings (SSSR count). The molecule has 0 aliphatic rings. The zero-order valence-electron chi connectivity index (χ0n) is 17.7. The lowest BCUT2D eigenvalue weighted by molar-refractivity contribution is 0.486. The lowest BCUT2D eigenvalue weighted by Gasteiger charge is -2.11. The van der Waals surface area contributed by atoms with Gasteiger partial charge in [-0.3, -0.25) is 10.1 Å². The number of ether oxygens (including phenoxy) is 1. The van der Waals surface area contributed by atoms with Crippen molar-refractivity contribution >= 4 is 44.1 Å². The predicted molar refractivity (Wildman–Crippen MR) is 129 cm³/mol. The Morgan fingerprint density at radius 3 is 2.41 bits per heavy atom. The molecule has 0 unspecified atom stereocenters. The Bertz CT molecular complexity index is 1590. The minimum atomic E-state index is -3.32. The summed E-state index contributed by atoms with van der Waals surface area (Å²) in [5.41, 5.74) is 1.90. The molecule has 0 radical (unpaired) electrons. The first-order valence-electron chi connectivity index (χ1n) is 10.0. The van der Waals surface area contributed by atoms with Gasteiger partial charge in [-0.2, -0.15) is 5.10 Å². The van der Waals surface area contributed by atoms with Gasteiger partial charge in [0.05, 0.1) is 15.6 Å². The molecule has 0 atom stereocenters. The monoisotopic (exact) mass is 492 g/mol. The fourth-order valence-corrected chi connectivity index (χ4v) is 4.21. The van der Waals surface area contributed by atoms with E-state index >= 15 is 0 Å². The van der Waals surface area contributed by atoms with Crippen LogP contribution in [0.3, 0.4) is 0 Å². The maximum atomic E-state index is 11.8. The molecule has 0 spiro atoms. The van der Waals surface area contributed by atoms with Gasteiger partial charge in [0.25, 0.3) is 0 Å². The number of sulfone groups is 1. The molecular weight excluding hydrogens is 476 g/mol. The second kappa shape index (κ2) is 8.73. The van der Waals surface area contributed by atoms with Crippen molar-refractivity contribution in [2.24, 2.45) is 0 Å². The number of rotatable bonds is 6. The van der Waals surface area contributed by atoms with Gasteiger partial charge in [-0.1, -0.05) is 11.6 Å². The van der Waals surface area contributed by atoms with Gasteiger partial charge in [-0.15, -0.1) is 0 Å². The number of hydrogen-bond acceptors (Lipinski definition) is 8. The summed E-state index contributed by atoms with van der Waals surface area (Å²) in [5.74, 6) is 1.78. The molecule has 3 heterocycles. The Kier molecular flexibility index (Phi) is 5.60. The Balaban J connectivity index is 1.62. The number of aromatic amines is 1. The third-order valence-corrected chi connectivity index (χ3v) is 6.38. The molecular formula is C23H17ClN6O3S. The highest BCUT2D eigenvalue weighted by Gasteiger charge is 2.17. The Labute approximate surface area is 199 Å². The predicted octanol–water partition coefficient (Wildman–Crippen LogP) is 5.01. The lowest BCUT2D eigenvalue weighted by atomic mass is 10.1. The molecule has 9 nitrogen and oxygen atoms in total. The summed E-state index contributed by atoms with van der Waals surface area (Å²) in [6.45, 7) is 0. The highest BCUT2D eigenvalue weighted by molar-refractivity contribution is 7.90. The van der Waals surface area contributed by atoms with E-state index in [1.165, 1.54) is 12.1 Å². The van der Waals surface area contributed by atoms with E-state index in [1.54, 1.807) is 55.0 Å². The van der Waals surface area contributed by atoms with E-state index in [-0.39, 0.29) is 4.90 Å². The van der Waals surface area contributed by atoms with Gasteiger partial charge < -0.3 is 10.1 Å². The molecule has 0 amide bonds. The first-order chi connectivity index (χ1) is 16.4. The van der Waals surface area contributed by atoms with Crippen LogP contribution < -0.4 is 10.1 Å². The van der Waals surface area contributed by atoms with Crippen molar-refractivity contribution < 1.29 is 13.2 Å². The number of H-pyrrole nitrogens is 1. The number of fused-ring (bicyclic) bond motifs is 1. The molecule has 0 aliphatic carbocycles. The van der Waals surface area contributed by atoms with Crippen LogP contribution in [0.25, 0.3) is 22.2 Å². The molecule has 2 N–H and O–H groups in total. The molecule has 0 aliphatic heterocycles. The number of hydrogen-bond donors (Lipinski definition) is 2. The van der Waals surface area contributed by atoms with Crippen molar-refractivity contribution in [2.45, 2.75) is 4.90 Å². The number of halogens is 1. The lowest BCUT2D eigenvalue weighted by Crippen LogP contribution is -1.97. The quantitative estimate of drug-likeness (QED) is 0.339. The Morgan fingerprint density at radius 1 is 0.971 bits per heavy atom. The number of pyridine rings is 1. The van der Waals surface area contributed by atoms with Crippen molar-refractivity contribution in [2.75, 3.05) is 11.6 Å². The standard InChI is InChI=1S/C23H17ClN6O3S/c1-34(31,32)16-7-5-15(6-8-16)33-19-13-14(20-18(24)4-2-9-25-20)12-17-21(19)29-30-22(17)28-23-26-10-3-11-27-23/h2-13H,1H3,(H2,26,27,28,29,30). The van der Waals surface area contributed by atoms with E-state index in [0.717, 1.165) is 6.26 Å². The number of nitrogens with one attached hydrogen (secondary N) is 2. The first kappa shape index (κ1) is 21.8. The van der Waals surface area contributed by atoms with Crippen molar-refractivity contribution in [1.29, 1.82) is 0 Å². The van der Waals surface area contributed by atoms with Gasteiger partial charge in [0, 0.05) is 35.8 Å². The summed E-state index contributed by atoms with van der Waals surface area (Å²) in [4.78, 5) is 13.0. The molecule has 0 bridgehead atoms. The Hall–Kier alpha value is -4.02. The van der Waals surface area contributed by atoms with Crippen LogP contribution >= 0.6 is 11.6 Å². The number of benzene rings is 2. The fourth-order valence-electron chi connectivity index (χ4n) is 3.35. The van der Waals surface area contributed by atoms with Crippen LogP contribution in [0.5, 0.6) is 11.5 Å². The SMILES string of the molecule is CS(=O)(=O)c1ccc(Oc2cc(-c3ncccc3Cl)cc3c(Nc4ncccn4)n[nH]c23)cc1. The van der Waals surface area contributed by atoms with Crippen LogP contribution in [0.15, 0.2) is 78.1 Å². The third-order valence-electron chi connectivity index (χ3n) is 4.94. The van der Waals surface area contributed by atoms with Gasteiger partial charge in [0.2, 0.25) is 5.95 Å². The average Bonchev–Trinajstić information content (AvgIpc) is 3.23. The summed E-state index contributed by atoms with van der Waals surface area (Å²) in [5, 5.41) is 11.6. The minimum absolute atomic E-state index is 0.204. The molecule has 2 aromatic carbocycles. The van der Waals surface area contributed by atoms with Gasteiger partial charge in [0.1, 0.15) is 11.3 Å². The molecule has 3 aromatic heterocycles. The summed E-state index contributed by atoms with van der Waals surface area (Å²) in [7, 11) is -3.32. The minimum Gasteiger partial charge on any atom is -0.455 e. The van der Waals surface area contributed by atoms with Crippen molar-refractivity contribution in [3.05, 3.63) is 78.2 Å². The maximum Gasteiger partial charge on any atom is 0.228 e. The largest absolute Gasteiger partial charge is 0.455 e. The van der Waals surface area contributed by atoms with Crippen molar-refractivity contribution in [3.63, 3.8) is 0 Å². The summed E-state index contributed by atoms with van der Waals surface area (Å²) in [6.07, 6.45) is 6.06. The molecule has 11 heteroatoms. The normalized spacial score (nSPS) is 11.5. The number of aromatic nitrogens is 5. The van der Waals surface area contributed by atoms with Crippen LogP contribution in [0.4, 0.5) is 11.8 Å². The van der Waals surface area contributed by atoms with Crippen LogP contribution in [-0.4, -0.2) is 39.8 Å². The van der Waals surface area contributed by atoms with Crippen LogP contribution in [0, 0.1) is 0 Å². The van der Waals surface area contributed by atoms with E-state index in [1.807, 2.05) is 6.07 Å². The first-order valence-corrected chi connectivity index (χ1v) is 12.3. The van der Waals surface area contributed by atoms with E-state index in [0.29, 0.717) is 50.4 Å². The van der Waals surface area contributed by atoms with Crippen LogP contribution in [0.2, 0.25) is 5.02 Å². The summed E-state index contributed by atoms with van der Waals surface area (Å²) < 4.78 is 29.7. The van der Waals surface area contributed by atoms with Gasteiger partial charge in [-0.25, -0.2) is 18.4 Å². The molecule has 0 saturated carbocycles. The number of anilines is 2. The molecule has 170 valence electrons. The topological polar surface area (TPSA) is 123 Å². The molecule has 0 saturated heterocycles. The smallest absolute Gasteiger partial charge is 0.228 e. The van der Waals surface area contributed by atoms with Crippen LogP contribution in [0.1, 0.15) is 0 Å². The zero-order valence-corrected chi connectivity index (χ0v) is 19.3. The average molecular weight is 493 g/mol. The van der Waals surface area contributed by atoms with Crippen LogP contribution in [-0.2, 0) is 9.84 Å². The van der Waals surface area contributed by atoms with E-state index in [9.17, 15) is 8.42 Å². The second-order valence-corrected chi connectivity index (χ2v) is 9.77. The van der Waals surface area contributed by atoms with Crippen molar-refractivity contribution in [1.82, 2.24) is 25.1 Å². The highest BCUT2D eigenvalue weighted by Crippen LogP contribution is 2.38. The molecule has 5 aromatic rings. The summed E-state index contributed by atoms with van der Waals surface area (Å²) in [6, 6.07) is 15.1. The highest BCUT2D eigenvalue weighted by atomic mass is 35.5. The third kappa shape index (κ3) is 4.41. The fraction of sp³-hybridized carbons (Fsp3) is 0.0435. The van der Waals surface area contributed by atoms with Gasteiger partial charge in [-0.05, 0) is 54.6 Å². The van der Waals surface area contributed by atoms with Gasteiger partial charge in [0.15, 0.2) is 21.4 Å². The Morgan fingerprint density at radius 2 is 1.71 bits per heavy atom. The number of nitrogens with zero attached hydrogens (tertiary/aromatic N) is 4. The molecule has 0 fully saturated rings.